The van der Waals surface area contributed by atoms with E-state index in [1.807, 2.05) is 0 Å². The molecule has 1 amide bonds. The maximum atomic E-state index is 13.0. The van der Waals surface area contributed by atoms with Crippen LogP contribution in [0.5, 0.6) is 17.2 Å². The summed E-state index contributed by atoms with van der Waals surface area (Å²) in [5.41, 5.74) is 0.307. The van der Waals surface area contributed by atoms with E-state index in [4.69, 9.17) is 18.6 Å². The maximum Gasteiger partial charge on any atom is 0.470 e. The molecule has 2 aromatic rings. The third kappa shape index (κ3) is 4.22. The van der Waals surface area contributed by atoms with Crippen LogP contribution < -0.4 is 14.2 Å². The molecule has 1 aliphatic heterocycles. The molecule has 3 rings (SSSR count). The van der Waals surface area contributed by atoms with E-state index in [0.717, 1.165) is 0 Å². The Hall–Kier alpha value is -2.98. The fourth-order valence-electron chi connectivity index (χ4n) is 3.26. The number of halogens is 3. The van der Waals surface area contributed by atoms with Gasteiger partial charge in [0.1, 0.15) is 0 Å². The van der Waals surface area contributed by atoms with Crippen LogP contribution in [0.1, 0.15) is 40.9 Å². The molecule has 1 saturated heterocycles. The molecule has 0 spiro atoms. The average molecular weight is 415 g/mol. The molecule has 0 N–H and O–H groups in total. The van der Waals surface area contributed by atoms with Crippen molar-refractivity contribution in [3.8, 4) is 17.2 Å². The number of benzene rings is 1. The van der Waals surface area contributed by atoms with Crippen molar-refractivity contribution >= 4 is 5.91 Å². The molecule has 11 heteroatoms. The highest BCUT2D eigenvalue weighted by Gasteiger charge is 2.39. The van der Waals surface area contributed by atoms with Crippen molar-refractivity contribution in [1.29, 1.82) is 0 Å². The van der Waals surface area contributed by atoms with Crippen molar-refractivity contribution < 1.29 is 36.6 Å². The van der Waals surface area contributed by atoms with Gasteiger partial charge in [-0.2, -0.15) is 13.2 Å². The molecule has 0 radical (unpaired) electrons. The molecule has 1 aliphatic rings. The summed E-state index contributed by atoms with van der Waals surface area (Å²) >= 11 is 0. The largest absolute Gasteiger partial charge is 0.493 e. The van der Waals surface area contributed by atoms with Crippen LogP contribution in [0.4, 0.5) is 13.2 Å². The van der Waals surface area contributed by atoms with E-state index in [1.165, 1.54) is 38.4 Å². The number of rotatable bonds is 5. The van der Waals surface area contributed by atoms with Gasteiger partial charge in [0, 0.05) is 18.7 Å². The van der Waals surface area contributed by atoms with E-state index >= 15 is 0 Å². The van der Waals surface area contributed by atoms with Crippen LogP contribution in [0.15, 0.2) is 16.5 Å². The number of hydrogen-bond acceptors (Lipinski definition) is 7. The van der Waals surface area contributed by atoms with Gasteiger partial charge >= 0.3 is 12.1 Å². The van der Waals surface area contributed by atoms with Gasteiger partial charge in [0.05, 0.1) is 27.2 Å². The Balaban J connectivity index is 1.82. The molecule has 0 saturated carbocycles. The number of hydrogen-bond donors (Lipinski definition) is 0. The first-order valence-electron chi connectivity index (χ1n) is 8.78. The number of aromatic nitrogens is 2. The number of carbonyl (C=O) groups excluding carboxylic acids is 1. The summed E-state index contributed by atoms with van der Waals surface area (Å²) < 4.78 is 58.7. The zero-order valence-electron chi connectivity index (χ0n) is 16.1. The second-order valence-electron chi connectivity index (χ2n) is 6.45. The van der Waals surface area contributed by atoms with Gasteiger partial charge in [0.15, 0.2) is 11.5 Å². The zero-order valence-corrected chi connectivity index (χ0v) is 16.1. The van der Waals surface area contributed by atoms with Crippen LogP contribution in [-0.2, 0) is 6.18 Å². The Morgan fingerprint density at radius 1 is 1.14 bits per heavy atom. The molecule has 158 valence electrons. The molecule has 0 aliphatic carbocycles. The minimum Gasteiger partial charge on any atom is -0.493 e. The second-order valence-corrected chi connectivity index (χ2v) is 6.45. The first-order valence-corrected chi connectivity index (χ1v) is 8.78. The number of carbonyl (C=O) groups is 1. The lowest BCUT2D eigenvalue weighted by Crippen LogP contribution is -2.39. The Kier molecular flexibility index (Phi) is 5.85. The lowest BCUT2D eigenvalue weighted by Gasteiger charge is -2.31. The summed E-state index contributed by atoms with van der Waals surface area (Å²) in [4.78, 5) is 14.5. The monoisotopic (exact) mass is 415 g/mol. The smallest absolute Gasteiger partial charge is 0.470 e. The van der Waals surface area contributed by atoms with Gasteiger partial charge in [-0.1, -0.05) is 0 Å². The number of amides is 1. The van der Waals surface area contributed by atoms with Crippen LogP contribution in [0.3, 0.4) is 0 Å². The van der Waals surface area contributed by atoms with Gasteiger partial charge in [0.25, 0.3) is 5.91 Å². The first kappa shape index (κ1) is 20.7. The Morgan fingerprint density at radius 2 is 1.79 bits per heavy atom. The normalized spacial score (nSPS) is 17.2. The number of ether oxygens (including phenoxy) is 3. The third-order valence-electron chi connectivity index (χ3n) is 4.65. The molecular weight excluding hydrogens is 395 g/mol. The van der Waals surface area contributed by atoms with Crippen LogP contribution in [-0.4, -0.2) is 55.4 Å². The fraction of sp³-hybridized carbons (Fsp3) is 0.500. The van der Waals surface area contributed by atoms with Gasteiger partial charge in [0.2, 0.25) is 11.6 Å². The zero-order chi connectivity index (χ0) is 21.2. The molecule has 1 atom stereocenters. The highest BCUT2D eigenvalue weighted by Crippen LogP contribution is 2.39. The fourth-order valence-corrected chi connectivity index (χ4v) is 3.26. The number of alkyl halides is 3. The molecule has 0 bridgehead atoms. The van der Waals surface area contributed by atoms with Crippen LogP contribution in [0.25, 0.3) is 0 Å². The van der Waals surface area contributed by atoms with E-state index in [1.54, 1.807) is 0 Å². The minimum absolute atomic E-state index is 0.125. The SMILES string of the molecule is COc1cc(C(=O)N2CCCC(c3nnc(C(F)(F)F)o3)C2)cc(OC)c1OC. The van der Waals surface area contributed by atoms with Crippen molar-refractivity contribution in [1.82, 2.24) is 15.1 Å². The van der Waals surface area contributed by atoms with Crippen LogP contribution in [0.2, 0.25) is 0 Å². The summed E-state index contributed by atoms with van der Waals surface area (Å²) in [7, 11) is 4.34. The van der Waals surface area contributed by atoms with Gasteiger partial charge < -0.3 is 23.5 Å². The maximum absolute atomic E-state index is 13.0. The van der Waals surface area contributed by atoms with E-state index in [-0.39, 0.29) is 18.3 Å². The highest BCUT2D eigenvalue weighted by molar-refractivity contribution is 5.95. The van der Waals surface area contributed by atoms with Gasteiger partial charge in [-0.15, -0.1) is 10.2 Å². The van der Waals surface area contributed by atoms with Crippen molar-refractivity contribution in [2.75, 3.05) is 34.4 Å². The molecule has 29 heavy (non-hydrogen) atoms. The Morgan fingerprint density at radius 3 is 2.31 bits per heavy atom. The van der Waals surface area contributed by atoms with Gasteiger partial charge in [-0.05, 0) is 25.0 Å². The summed E-state index contributed by atoms with van der Waals surface area (Å²) in [6.45, 7) is 0.612. The van der Waals surface area contributed by atoms with Gasteiger partial charge in [-0.3, -0.25) is 4.79 Å². The molecule has 1 unspecified atom stereocenters. The summed E-state index contributed by atoms with van der Waals surface area (Å²) in [5, 5.41) is 6.58. The predicted molar refractivity (Wildman–Crippen MR) is 93.3 cm³/mol. The predicted octanol–water partition coefficient (Wildman–Crippen LogP) is 3.13. The molecular formula is C18H20F3N3O5. The summed E-state index contributed by atoms with van der Waals surface area (Å²) in [6, 6.07) is 3.06. The highest BCUT2D eigenvalue weighted by atomic mass is 19.4. The van der Waals surface area contributed by atoms with Crippen LogP contribution in [0, 0.1) is 0 Å². The van der Waals surface area contributed by atoms with Crippen molar-refractivity contribution in [3.63, 3.8) is 0 Å². The number of nitrogens with zero attached hydrogens (tertiary/aromatic N) is 3. The topological polar surface area (TPSA) is 86.9 Å². The summed E-state index contributed by atoms with van der Waals surface area (Å²) in [6.07, 6.45) is -3.57. The lowest BCUT2D eigenvalue weighted by atomic mass is 9.97. The van der Waals surface area contributed by atoms with E-state index in [2.05, 4.69) is 10.2 Å². The molecule has 2 heterocycles. The van der Waals surface area contributed by atoms with Crippen molar-refractivity contribution in [2.45, 2.75) is 24.9 Å². The lowest BCUT2D eigenvalue weighted by molar-refractivity contribution is -0.157. The first-order chi connectivity index (χ1) is 13.8. The van der Waals surface area contributed by atoms with E-state index in [0.29, 0.717) is 42.2 Å². The standard InChI is InChI=1S/C18H20F3N3O5/c1-26-12-7-11(8-13(27-2)14(12)28-3)16(25)24-6-4-5-10(9-24)15-22-23-17(29-15)18(19,20)21/h7-8,10H,4-6,9H2,1-3H3. The average Bonchev–Trinajstić information content (AvgIpc) is 3.23. The number of likely N-dealkylation sites (tertiary alicyclic amines) is 1. The third-order valence-corrected chi connectivity index (χ3v) is 4.65. The molecule has 1 fully saturated rings. The molecule has 1 aromatic carbocycles. The Labute approximate surface area is 164 Å². The number of methoxy groups -OCH3 is 3. The minimum atomic E-state index is -4.70. The van der Waals surface area contributed by atoms with E-state index in [9.17, 15) is 18.0 Å². The second kappa shape index (κ2) is 8.18. The van der Waals surface area contributed by atoms with E-state index < -0.39 is 18.0 Å². The Bertz CT molecular complexity index is 859. The van der Waals surface area contributed by atoms with Gasteiger partial charge in [-0.25, -0.2) is 0 Å². The summed E-state index contributed by atoms with van der Waals surface area (Å²) in [5.74, 6) is -1.29. The quantitative estimate of drug-likeness (QED) is 0.742. The molecule has 1 aromatic heterocycles. The van der Waals surface area contributed by atoms with Crippen LogP contribution >= 0.6 is 0 Å². The van der Waals surface area contributed by atoms with Crippen molar-refractivity contribution in [2.24, 2.45) is 0 Å². The molecule has 8 nitrogen and oxygen atoms in total. The number of piperidine rings is 1. The van der Waals surface area contributed by atoms with Crippen molar-refractivity contribution in [3.05, 3.63) is 29.5 Å².